The topological polar surface area (TPSA) is 38.5 Å². The van der Waals surface area contributed by atoms with Gasteiger partial charge in [0.05, 0.1) is 11.2 Å². The Morgan fingerprint density at radius 3 is 2.35 bits per heavy atom. The first-order valence-corrected chi connectivity index (χ1v) is 6.39. The summed E-state index contributed by atoms with van der Waals surface area (Å²) >= 11 is 0. The quantitative estimate of drug-likeness (QED) is 0.679. The van der Waals surface area contributed by atoms with Crippen LogP contribution in [0.5, 0.6) is 0 Å². The molecule has 0 amide bonds. The van der Waals surface area contributed by atoms with Crippen molar-refractivity contribution in [1.29, 1.82) is 0 Å². The van der Waals surface area contributed by atoms with Gasteiger partial charge in [-0.3, -0.25) is 9.59 Å². The zero-order chi connectivity index (χ0) is 14.1. The van der Waals surface area contributed by atoms with Crippen molar-refractivity contribution < 1.29 is 9.59 Å². The van der Waals surface area contributed by atoms with Crippen LogP contribution >= 0.6 is 0 Å². The number of fused-ring (bicyclic) bond motifs is 1. The van der Waals surface area contributed by atoms with Gasteiger partial charge in [-0.25, -0.2) is 0 Å². The third kappa shape index (κ3) is 1.93. The number of hydrogen-bond donors (Lipinski definition) is 0. The summed E-state index contributed by atoms with van der Waals surface area (Å²) in [6.07, 6.45) is 1.80. The van der Waals surface area contributed by atoms with Gasteiger partial charge in [0.15, 0.2) is 5.78 Å². The predicted molar refractivity (Wildman–Crippen MR) is 77.3 cm³/mol. The molecule has 0 bridgehead atoms. The molecule has 0 aliphatic heterocycles. The van der Waals surface area contributed by atoms with E-state index in [9.17, 15) is 9.59 Å². The van der Waals surface area contributed by atoms with Gasteiger partial charge < -0.3 is 4.40 Å². The maximum Gasteiger partial charge on any atom is 0.209 e. The van der Waals surface area contributed by atoms with Gasteiger partial charge in [0.2, 0.25) is 5.78 Å². The molecule has 2 aromatic heterocycles. The van der Waals surface area contributed by atoms with Crippen molar-refractivity contribution in [2.75, 3.05) is 0 Å². The van der Waals surface area contributed by atoms with E-state index in [0.29, 0.717) is 16.8 Å². The van der Waals surface area contributed by atoms with E-state index in [1.165, 1.54) is 6.92 Å². The normalized spacial score (nSPS) is 10.7. The van der Waals surface area contributed by atoms with E-state index in [4.69, 9.17) is 0 Å². The molecule has 0 saturated carbocycles. The van der Waals surface area contributed by atoms with E-state index in [0.717, 1.165) is 5.52 Å². The lowest BCUT2D eigenvalue weighted by atomic mass is 10.1. The number of ketones is 2. The average Bonchev–Trinajstić information content (AvgIpc) is 2.87. The number of aromatic nitrogens is 1. The van der Waals surface area contributed by atoms with Gasteiger partial charge >= 0.3 is 0 Å². The molecule has 3 nitrogen and oxygen atoms in total. The second-order valence-electron chi connectivity index (χ2n) is 4.65. The van der Waals surface area contributed by atoms with Crippen LogP contribution < -0.4 is 0 Å². The molecular weight excluding hydrogens is 250 g/mol. The van der Waals surface area contributed by atoms with Crippen LogP contribution in [-0.4, -0.2) is 16.0 Å². The van der Waals surface area contributed by atoms with E-state index in [2.05, 4.69) is 0 Å². The number of carbonyl (C=O) groups is 2. The van der Waals surface area contributed by atoms with Crippen LogP contribution in [0.1, 0.15) is 33.3 Å². The van der Waals surface area contributed by atoms with Crippen molar-refractivity contribution in [3.05, 3.63) is 77.6 Å². The fraction of sp³-hybridized carbons (Fsp3) is 0.0588. The van der Waals surface area contributed by atoms with Crippen molar-refractivity contribution in [1.82, 2.24) is 4.40 Å². The smallest absolute Gasteiger partial charge is 0.209 e. The molecule has 0 fully saturated rings. The summed E-state index contributed by atoms with van der Waals surface area (Å²) in [5, 5.41) is 0. The van der Waals surface area contributed by atoms with Crippen LogP contribution in [-0.2, 0) is 0 Å². The minimum atomic E-state index is -0.0840. The Hall–Kier alpha value is -2.68. The van der Waals surface area contributed by atoms with Gasteiger partial charge in [0, 0.05) is 17.3 Å². The van der Waals surface area contributed by atoms with Crippen molar-refractivity contribution in [3.63, 3.8) is 0 Å². The molecule has 0 aliphatic carbocycles. The molecular formula is C17H13NO2. The van der Waals surface area contributed by atoms with Gasteiger partial charge in [-0.05, 0) is 25.1 Å². The predicted octanol–water partition coefficient (Wildman–Crippen LogP) is 3.37. The highest BCUT2D eigenvalue weighted by atomic mass is 16.1. The standard InChI is InChI=1S/C17H13NO2/c1-12(19)14-11-16(18-10-6-5-9-15(14)18)17(20)13-7-3-2-4-8-13/h2-11H,1H3. The summed E-state index contributed by atoms with van der Waals surface area (Å²) in [6.45, 7) is 1.51. The van der Waals surface area contributed by atoms with Crippen molar-refractivity contribution in [3.8, 4) is 0 Å². The Labute approximate surface area is 116 Å². The first-order valence-electron chi connectivity index (χ1n) is 6.39. The Kier molecular flexibility index (Phi) is 2.95. The van der Waals surface area contributed by atoms with Crippen LogP contribution in [0.3, 0.4) is 0 Å². The monoisotopic (exact) mass is 263 g/mol. The molecule has 3 aromatic rings. The van der Waals surface area contributed by atoms with E-state index in [-0.39, 0.29) is 11.6 Å². The fourth-order valence-electron chi connectivity index (χ4n) is 2.35. The lowest BCUT2D eigenvalue weighted by Crippen LogP contribution is -2.04. The van der Waals surface area contributed by atoms with Crippen LogP contribution in [0.2, 0.25) is 0 Å². The van der Waals surface area contributed by atoms with Crippen LogP contribution in [0.4, 0.5) is 0 Å². The van der Waals surface area contributed by atoms with E-state index >= 15 is 0 Å². The van der Waals surface area contributed by atoms with Crippen molar-refractivity contribution in [2.45, 2.75) is 6.92 Å². The highest BCUT2D eigenvalue weighted by Gasteiger charge is 2.18. The van der Waals surface area contributed by atoms with E-state index in [1.54, 1.807) is 28.8 Å². The van der Waals surface area contributed by atoms with Crippen LogP contribution in [0.15, 0.2) is 60.8 Å². The molecule has 20 heavy (non-hydrogen) atoms. The van der Waals surface area contributed by atoms with Crippen LogP contribution in [0, 0.1) is 0 Å². The summed E-state index contributed by atoms with van der Waals surface area (Å²) < 4.78 is 1.77. The third-order valence-corrected chi connectivity index (χ3v) is 3.32. The second-order valence-corrected chi connectivity index (χ2v) is 4.65. The Morgan fingerprint density at radius 2 is 1.65 bits per heavy atom. The molecule has 0 N–H and O–H groups in total. The minimum Gasteiger partial charge on any atom is -0.313 e. The number of hydrogen-bond acceptors (Lipinski definition) is 2. The molecule has 0 saturated heterocycles. The number of benzene rings is 1. The second kappa shape index (κ2) is 4.78. The summed E-state index contributed by atoms with van der Waals surface area (Å²) in [7, 11) is 0. The van der Waals surface area contributed by atoms with Gasteiger partial charge in [0.25, 0.3) is 0 Å². The molecule has 3 heteroatoms. The number of pyridine rings is 1. The fourth-order valence-corrected chi connectivity index (χ4v) is 2.35. The number of rotatable bonds is 3. The lowest BCUT2D eigenvalue weighted by molar-refractivity contribution is 0.101. The zero-order valence-corrected chi connectivity index (χ0v) is 11.0. The molecule has 0 atom stereocenters. The molecule has 0 aliphatic rings. The minimum absolute atomic E-state index is 0.0409. The van der Waals surface area contributed by atoms with Gasteiger partial charge in [0.1, 0.15) is 0 Å². The first-order chi connectivity index (χ1) is 9.68. The van der Waals surface area contributed by atoms with Crippen molar-refractivity contribution >= 4 is 17.1 Å². The number of Topliss-reactive ketones (excluding diaryl/α,β-unsaturated/α-hetero) is 1. The highest BCUT2D eigenvalue weighted by Crippen LogP contribution is 2.20. The Balaban J connectivity index is 2.22. The average molecular weight is 263 g/mol. The van der Waals surface area contributed by atoms with Gasteiger partial charge in [-0.1, -0.05) is 36.4 Å². The summed E-state index contributed by atoms with van der Waals surface area (Å²) in [6, 6.07) is 16.3. The molecule has 1 aromatic carbocycles. The third-order valence-electron chi connectivity index (χ3n) is 3.32. The summed E-state index contributed by atoms with van der Waals surface area (Å²) in [5.41, 5.74) is 2.46. The van der Waals surface area contributed by atoms with Crippen molar-refractivity contribution in [2.24, 2.45) is 0 Å². The zero-order valence-electron chi connectivity index (χ0n) is 11.0. The largest absolute Gasteiger partial charge is 0.313 e. The Bertz CT molecular complexity index is 800. The van der Waals surface area contributed by atoms with Gasteiger partial charge in [-0.2, -0.15) is 0 Å². The molecule has 3 rings (SSSR count). The number of carbonyl (C=O) groups excluding carboxylic acids is 2. The first kappa shape index (κ1) is 12.4. The van der Waals surface area contributed by atoms with Crippen LogP contribution in [0.25, 0.3) is 5.52 Å². The molecule has 0 unspecified atom stereocenters. The molecule has 98 valence electrons. The Morgan fingerprint density at radius 1 is 0.950 bits per heavy atom. The summed E-state index contributed by atoms with van der Waals surface area (Å²) in [4.78, 5) is 24.3. The molecule has 2 heterocycles. The number of nitrogens with zero attached hydrogens (tertiary/aromatic N) is 1. The van der Waals surface area contributed by atoms with Gasteiger partial charge in [-0.15, -0.1) is 0 Å². The molecule has 0 radical (unpaired) electrons. The van der Waals surface area contributed by atoms with E-state index in [1.807, 2.05) is 36.4 Å². The lowest BCUT2D eigenvalue weighted by Gasteiger charge is -2.02. The SMILES string of the molecule is CC(=O)c1cc(C(=O)c2ccccc2)n2ccccc12. The highest BCUT2D eigenvalue weighted by molar-refractivity contribution is 6.11. The maximum absolute atomic E-state index is 12.6. The molecule has 0 spiro atoms. The summed E-state index contributed by atoms with van der Waals surface area (Å²) in [5.74, 6) is -0.125. The maximum atomic E-state index is 12.6. The van der Waals surface area contributed by atoms with E-state index < -0.39 is 0 Å².